The van der Waals surface area contributed by atoms with Crippen molar-refractivity contribution in [3.63, 3.8) is 0 Å². The van der Waals surface area contributed by atoms with E-state index in [9.17, 15) is 9.59 Å². The van der Waals surface area contributed by atoms with Crippen molar-refractivity contribution in [3.8, 4) is 0 Å². The van der Waals surface area contributed by atoms with Crippen LogP contribution in [0.5, 0.6) is 0 Å². The van der Waals surface area contributed by atoms with Crippen LogP contribution in [0, 0.1) is 0 Å². The van der Waals surface area contributed by atoms with Crippen molar-refractivity contribution in [2.45, 2.75) is 38.5 Å². The summed E-state index contributed by atoms with van der Waals surface area (Å²) in [7, 11) is 1.36. The zero-order valence-electron chi connectivity index (χ0n) is 10.5. The second-order valence-electron chi connectivity index (χ2n) is 4.39. The SMILES string of the molecule is COC(=O)c1sc(NC(C)=O)nc1C1CCCC1. The Morgan fingerprint density at radius 2 is 2.06 bits per heavy atom. The van der Waals surface area contributed by atoms with Crippen LogP contribution in [0.15, 0.2) is 0 Å². The van der Waals surface area contributed by atoms with Gasteiger partial charge in [0.1, 0.15) is 4.88 Å². The van der Waals surface area contributed by atoms with Crippen LogP contribution in [0.1, 0.15) is 53.9 Å². The lowest BCUT2D eigenvalue weighted by Gasteiger charge is -2.06. The summed E-state index contributed by atoms with van der Waals surface area (Å²) in [4.78, 5) is 27.7. The molecule has 1 aliphatic rings. The van der Waals surface area contributed by atoms with Gasteiger partial charge < -0.3 is 10.1 Å². The quantitative estimate of drug-likeness (QED) is 0.855. The Morgan fingerprint density at radius 3 is 2.61 bits per heavy atom. The molecule has 0 atom stereocenters. The first kappa shape index (κ1) is 13.0. The molecule has 1 fully saturated rings. The molecule has 5 nitrogen and oxygen atoms in total. The fourth-order valence-electron chi connectivity index (χ4n) is 2.25. The van der Waals surface area contributed by atoms with E-state index >= 15 is 0 Å². The molecule has 18 heavy (non-hydrogen) atoms. The highest BCUT2D eigenvalue weighted by Crippen LogP contribution is 2.38. The van der Waals surface area contributed by atoms with Gasteiger partial charge in [-0.1, -0.05) is 24.2 Å². The van der Waals surface area contributed by atoms with Crippen molar-refractivity contribution in [2.75, 3.05) is 12.4 Å². The Hall–Kier alpha value is -1.43. The van der Waals surface area contributed by atoms with E-state index in [1.165, 1.54) is 25.4 Å². The summed E-state index contributed by atoms with van der Waals surface area (Å²) in [6.07, 6.45) is 4.43. The van der Waals surface area contributed by atoms with Gasteiger partial charge in [-0.3, -0.25) is 4.79 Å². The van der Waals surface area contributed by atoms with Crippen LogP contribution in [0.4, 0.5) is 5.13 Å². The highest BCUT2D eigenvalue weighted by Gasteiger charge is 2.27. The van der Waals surface area contributed by atoms with Crippen LogP contribution in [0.25, 0.3) is 0 Å². The number of ether oxygens (including phenoxy) is 1. The Bertz CT molecular complexity index is 464. The fraction of sp³-hybridized carbons (Fsp3) is 0.583. The van der Waals surface area contributed by atoms with Gasteiger partial charge in [0.2, 0.25) is 5.91 Å². The van der Waals surface area contributed by atoms with Gasteiger partial charge in [0, 0.05) is 12.8 Å². The summed E-state index contributed by atoms with van der Waals surface area (Å²) in [6, 6.07) is 0. The molecule has 0 aromatic carbocycles. The summed E-state index contributed by atoms with van der Waals surface area (Å²) in [5.41, 5.74) is 0.785. The van der Waals surface area contributed by atoms with Crippen molar-refractivity contribution < 1.29 is 14.3 Å². The standard InChI is InChI=1S/C12H16N2O3S/c1-7(15)13-12-14-9(8-5-3-4-6-8)10(18-12)11(16)17-2/h8H,3-6H2,1-2H3,(H,13,14,15). The number of hydrogen-bond donors (Lipinski definition) is 1. The molecule has 6 heteroatoms. The maximum absolute atomic E-state index is 11.7. The van der Waals surface area contributed by atoms with Gasteiger partial charge >= 0.3 is 5.97 Å². The third kappa shape index (κ3) is 2.69. The van der Waals surface area contributed by atoms with E-state index in [2.05, 4.69) is 10.3 Å². The minimum absolute atomic E-state index is 0.182. The number of carbonyl (C=O) groups is 2. The van der Waals surface area contributed by atoms with Crippen LogP contribution in [-0.2, 0) is 9.53 Å². The number of thiazole rings is 1. The van der Waals surface area contributed by atoms with Gasteiger partial charge in [-0.2, -0.15) is 0 Å². The summed E-state index contributed by atoms with van der Waals surface area (Å²) in [5, 5.41) is 3.11. The van der Waals surface area contributed by atoms with Crippen LogP contribution >= 0.6 is 11.3 Å². The highest BCUT2D eigenvalue weighted by atomic mass is 32.1. The number of nitrogens with one attached hydrogen (secondary N) is 1. The van der Waals surface area contributed by atoms with Crippen molar-refractivity contribution in [2.24, 2.45) is 0 Å². The Kier molecular flexibility index (Phi) is 3.96. The van der Waals surface area contributed by atoms with Gasteiger partial charge in [0.15, 0.2) is 5.13 Å². The van der Waals surface area contributed by atoms with E-state index in [-0.39, 0.29) is 11.9 Å². The Morgan fingerprint density at radius 1 is 1.39 bits per heavy atom. The lowest BCUT2D eigenvalue weighted by molar-refractivity contribution is -0.114. The molecule has 0 radical (unpaired) electrons. The minimum atomic E-state index is -0.369. The van der Waals surface area contributed by atoms with Crippen molar-refractivity contribution in [1.29, 1.82) is 0 Å². The predicted molar refractivity (Wildman–Crippen MR) is 69.0 cm³/mol. The molecule has 1 aliphatic carbocycles. The average molecular weight is 268 g/mol. The molecule has 1 amide bonds. The second-order valence-corrected chi connectivity index (χ2v) is 5.39. The molecule has 0 bridgehead atoms. The van der Waals surface area contributed by atoms with Crippen molar-refractivity contribution >= 4 is 28.3 Å². The smallest absolute Gasteiger partial charge is 0.350 e. The van der Waals surface area contributed by atoms with Gasteiger partial charge in [0.25, 0.3) is 0 Å². The predicted octanol–water partition coefficient (Wildman–Crippen LogP) is 2.55. The molecule has 0 saturated heterocycles. The zero-order valence-corrected chi connectivity index (χ0v) is 11.3. The molecule has 0 spiro atoms. The molecule has 0 aliphatic heterocycles. The van der Waals surface area contributed by atoms with Crippen LogP contribution in [-0.4, -0.2) is 24.0 Å². The van der Waals surface area contributed by atoms with Crippen molar-refractivity contribution in [1.82, 2.24) is 4.98 Å². The van der Waals surface area contributed by atoms with Crippen LogP contribution in [0.3, 0.4) is 0 Å². The molecule has 0 unspecified atom stereocenters. The van der Waals surface area contributed by atoms with E-state index < -0.39 is 0 Å². The third-order valence-electron chi connectivity index (χ3n) is 3.05. The van der Waals surface area contributed by atoms with E-state index in [0.717, 1.165) is 31.4 Å². The Balaban J connectivity index is 2.31. The second kappa shape index (κ2) is 5.48. The minimum Gasteiger partial charge on any atom is -0.465 e. The number of hydrogen-bond acceptors (Lipinski definition) is 5. The van der Waals surface area contributed by atoms with Crippen molar-refractivity contribution in [3.05, 3.63) is 10.6 Å². The monoisotopic (exact) mass is 268 g/mol. The molecule has 2 rings (SSSR count). The van der Waals surface area contributed by atoms with E-state index in [1.54, 1.807) is 0 Å². The van der Waals surface area contributed by atoms with Crippen LogP contribution < -0.4 is 5.32 Å². The summed E-state index contributed by atoms with van der Waals surface area (Å²) in [5.74, 6) is -0.234. The summed E-state index contributed by atoms with van der Waals surface area (Å²) in [6.45, 7) is 1.43. The van der Waals surface area contributed by atoms with Gasteiger partial charge in [-0.25, -0.2) is 9.78 Å². The maximum Gasteiger partial charge on any atom is 0.350 e. The zero-order chi connectivity index (χ0) is 13.1. The number of esters is 1. The maximum atomic E-state index is 11.7. The number of rotatable bonds is 3. The highest BCUT2D eigenvalue weighted by molar-refractivity contribution is 7.17. The van der Waals surface area contributed by atoms with Gasteiger partial charge in [-0.05, 0) is 12.8 Å². The van der Waals surface area contributed by atoms with E-state index in [1.807, 2.05) is 0 Å². The lowest BCUT2D eigenvalue weighted by atomic mass is 10.0. The molecule has 98 valence electrons. The molecule has 1 saturated carbocycles. The fourth-order valence-corrected chi connectivity index (χ4v) is 3.27. The summed E-state index contributed by atoms with van der Waals surface area (Å²) >= 11 is 1.19. The first-order chi connectivity index (χ1) is 8.61. The Labute approximate surface area is 110 Å². The number of methoxy groups -OCH3 is 1. The van der Waals surface area contributed by atoms with Gasteiger partial charge in [0.05, 0.1) is 12.8 Å². The van der Waals surface area contributed by atoms with E-state index in [0.29, 0.717) is 15.9 Å². The normalized spacial score (nSPS) is 15.7. The lowest BCUT2D eigenvalue weighted by Crippen LogP contribution is -2.06. The molecule has 1 N–H and O–H groups in total. The third-order valence-corrected chi connectivity index (χ3v) is 4.02. The average Bonchev–Trinajstić information content (AvgIpc) is 2.95. The molecule has 1 aromatic heterocycles. The largest absolute Gasteiger partial charge is 0.465 e. The number of carbonyl (C=O) groups excluding carboxylic acids is 2. The number of amides is 1. The first-order valence-corrected chi connectivity index (χ1v) is 6.80. The molecule has 1 aromatic rings. The molecular formula is C12H16N2O3S. The first-order valence-electron chi connectivity index (χ1n) is 5.98. The molecule has 1 heterocycles. The number of aromatic nitrogens is 1. The summed E-state index contributed by atoms with van der Waals surface area (Å²) < 4.78 is 4.77. The number of anilines is 1. The number of nitrogens with zero attached hydrogens (tertiary/aromatic N) is 1. The molecular weight excluding hydrogens is 252 g/mol. The van der Waals surface area contributed by atoms with E-state index in [4.69, 9.17) is 4.74 Å². The van der Waals surface area contributed by atoms with Gasteiger partial charge in [-0.15, -0.1) is 0 Å². The van der Waals surface area contributed by atoms with Crippen LogP contribution in [0.2, 0.25) is 0 Å². The topological polar surface area (TPSA) is 68.3 Å².